The number of carbonyl (C=O) groups is 2. The van der Waals surface area contributed by atoms with E-state index in [-0.39, 0.29) is 17.9 Å². The van der Waals surface area contributed by atoms with Crippen LogP contribution in [0.5, 0.6) is 0 Å². The fraction of sp³-hybridized carbons (Fsp3) is 0.571. The number of para-hydroxylation sites is 1. The van der Waals surface area contributed by atoms with Crippen molar-refractivity contribution >= 4 is 33.4 Å². The van der Waals surface area contributed by atoms with Gasteiger partial charge in [0.25, 0.3) is 0 Å². The summed E-state index contributed by atoms with van der Waals surface area (Å²) in [5, 5.41) is 13.4. The summed E-state index contributed by atoms with van der Waals surface area (Å²) in [6, 6.07) is 8.16. The topological polar surface area (TPSA) is 79.3 Å². The molecule has 27 heavy (non-hydrogen) atoms. The Labute approximate surface area is 164 Å². The van der Waals surface area contributed by atoms with Gasteiger partial charge in [0, 0.05) is 12.5 Å². The number of hydrogen-bond acceptors (Lipinski definition) is 4. The van der Waals surface area contributed by atoms with Crippen LogP contribution in [0.2, 0.25) is 0 Å². The molecule has 2 aromatic rings. The van der Waals surface area contributed by atoms with Crippen LogP contribution in [0.15, 0.2) is 24.3 Å². The molecule has 3 rings (SSSR count). The highest BCUT2D eigenvalue weighted by molar-refractivity contribution is 7.18. The van der Waals surface area contributed by atoms with Crippen LogP contribution in [0.1, 0.15) is 57.4 Å². The molecule has 0 radical (unpaired) electrons. The van der Waals surface area contributed by atoms with E-state index < -0.39 is 11.4 Å². The first-order valence-electron chi connectivity index (χ1n) is 9.85. The Balaban J connectivity index is 1.69. The van der Waals surface area contributed by atoms with Gasteiger partial charge in [0.05, 0.1) is 26.6 Å². The number of rotatable bonds is 7. The molecule has 0 spiro atoms. The van der Waals surface area contributed by atoms with Gasteiger partial charge in [0.2, 0.25) is 5.91 Å². The Kier molecular flexibility index (Phi) is 6.15. The second-order valence-electron chi connectivity index (χ2n) is 7.60. The largest absolute Gasteiger partial charge is 0.481 e. The van der Waals surface area contributed by atoms with E-state index >= 15 is 0 Å². The quantitative estimate of drug-likeness (QED) is 0.736. The highest BCUT2D eigenvalue weighted by Crippen LogP contribution is 2.35. The lowest BCUT2D eigenvalue weighted by Crippen LogP contribution is -2.47. The SMILES string of the molecule is CCC(CC)(Cc1nc2ccccc2s1)C(=O)NC1CCC(C(=O)O)CC1. The molecule has 0 saturated heterocycles. The predicted octanol–water partition coefficient (Wildman–Crippen LogP) is 4.40. The van der Waals surface area contributed by atoms with Gasteiger partial charge in [-0.2, -0.15) is 0 Å². The number of hydrogen-bond donors (Lipinski definition) is 2. The van der Waals surface area contributed by atoms with Crippen molar-refractivity contribution in [2.75, 3.05) is 0 Å². The molecule has 1 saturated carbocycles. The van der Waals surface area contributed by atoms with Crippen LogP contribution in [-0.4, -0.2) is 28.0 Å². The molecule has 0 unspecified atom stereocenters. The summed E-state index contributed by atoms with van der Waals surface area (Å²) in [5.41, 5.74) is 0.531. The minimum absolute atomic E-state index is 0.0842. The zero-order valence-corrected chi connectivity index (χ0v) is 16.8. The Morgan fingerprint density at radius 3 is 2.44 bits per heavy atom. The van der Waals surface area contributed by atoms with Crippen LogP contribution in [0.3, 0.4) is 0 Å². The van der Waals surface area contributed by atoms with E-state index in [0.717, 1.165) is 40.9 Å². The number of aromatic nitrogens is 1. The molecule has 1 fully saturated rings. The summed E-state index contributed by atoms with van der Waals surface area (Å²) >= 11 is 1.67. The van der Waals surface area contributed by atoms with E-state index in [2.05, 4.69) is 25.2 Å². The molecule has 1 aliphatic carbocycles. The third-order valence-electron chi connectivity index (χ3n) is 6.07. The summed E-state index contributed by atoms with van der Waals surface area (Å²) in [6.45, 7) is 4.13. The third kappa shape index (κ3) is 4.32. The zero-order chi connectivity index (χ0) is 19.4. The lowest BCUT2D eigenvalue weighted by atomic mass is 9.77. The van der Waals surface area contributed by atoms with Gasteiger partial charge in [-0.3, -0.25) is 9.59 Å². The molecular weight excluding hydrogens is 360 g/mol. The lowest BCUT2D eigenvalue weighted by Gasteiger charge is -2.34. The Morgan fingerprint density at radius 2 is 1.85 bits per heavy atom. The highest BCUT2D eigenvalue weighted by atomic mass is 32.1. The number of aliphatic carboxylic acids is 1. The lowest BCUT2D eigenvalue weighted by molar-refractivity contribution is -0.142. The predicted molar refractivity (Wildman–Crippen MR) is 108 cm³/mol. The molecule has 146 valence electrons. The average Bonchev–Trinajstić information content (AvgIpc) is 3.08. The van der Waals surface area contributed by atoms with Crippen LogP contribution in [0, 0.1) is 11.3 Å². The number of carboxylic acid groups (broad SMARTS) is 1. The minimum atomic E-state index is -0.716. The van der Waals surface area contributed by atoms with Crippen molar-refractivity contribution in [1.29, 1.82) is 0 Å². The van der Waals surface area contributed by atoms with E-state index in [1.54, 1.807) is 11.3 Å². The van der Waals surface area contributed by atoms with Crippen molar-refractivity contribution in [2.45, 2.75) is 64.8 Å². The van der Waals surface area contributed by atoms with Gasteiger partial charge in [-0.25, -0.2) is 4.98 Å². The van der Waals surface area contributed by atoms with Gasteiger partial charge in [-0.1, -0.05) is 26.0 Å². The standard InChI is InChI=1S/C21H28N2O3S/c1-3-21(4-2,13-18-23-16-7-5-6-8-17(16)27-18)20(26)22-15-11-9-14(10-12-15)19(24)25/h5-8,14-15H,3-4,9-13H2,1-2H3,(H,22,26)(H,24,25). The zero-order valence-electron chi connectivity index (χ0n) is 16.0. The van der Waals surface area contributed by atoms with Gasteiger partial charge < -0.3 is 10.4 Å². The van der Waals surface area contributed by atoms with Gasteiger partial charge in [0.15, 0.2) is 0 Å². The molecule has 1 aromatic heterocycles. The molecule has 1 aromatic carbocycles. The maximum absolute atomic E-state index is 13.2. The molecule has 0 aliphatic heterocycles. The number of carboxylic acids is 1. The van der Waals surface area contributed by atoms with E-state index in [9.17, 15) is 9.59 Å². The maximum Gasteiger partial charge on any atom is 0.306 e. The fourth-order valence-corrected chi connectivity index (χ4v) is 5.12. The summed E-state index contributed by atoms with van der Waals surface area (Å²) in [4.78, 5) is 29.0. The first-order chi connectivity index (χ1) is 13.0. The van der Waals surface area contributed by atoms with Gasteiger partial charge >= 0.3 is 5.97 Å². The van der Waals surface area contributed by atoms with Crippen molar-refractivity contribution in [3.8, 4) is 0 Å². The average molecular weight is 389 g/mol. The minimum Gasteiger partial charge on any atom is -0.481 e. The number of carbonyl (C=O) groups excluding carboxylic acids is 1. The van der Waals surface area contributed by atoms with Crippen molar-refractivity contribution in [3.05, 3.63) is 29.3 Å². The molecule has 1 aliphatic rings. The smallest absolute Gasteiger partial charge is 0.306 e. The number of fused-ring (bicyclic) bond motifs is 1. The van der Waals surface area contributed by atoms with Gasteiger partial charge in [-0.05, 0) is 50.7 Å². The maximum atomic E-state index is 13.2. The summed E-state index contributed by atoms with van der Waals surface area (Å²) in [6.07, 6.45) is 4.94. The second kappa shape index (κ2) is 8.38. The van der Waals surface area contributed by atoms with Gasteiger partial charge in [0.1, 0.15) is 0 Å². The van der Waals surface area contributed by atoms with Crippen molar-refractivity contribution in [3.63, 3.8) is 0 Å². The molecule has 0 atom stereocenters. The Bertz CT molecular complexity index is 772. The second-order valence-corrected chi connectivity index (χ2v) is 8.71. The molecule has 1 amide bonds. The summed E-state index contributed by atoms with van der Waals surface area (Å²) < 4.78 is 1.15. The number of benzene rings is 1. The Morgan fingerprint density at radius 1 is 1.19 bits per heavy atom. The molecule has 6 heteroatoms. The van der Waals surface area contributed by atoms with Crippen LogP contribution >= 0.6 is 11.3 Å². The molecule has 1 heterocycles. The molecule has 5 nitrogen and oxygen atoms in total. The molecular formula is C21H28N2O3S. The molecule has 0 bridgehead atoms. The van der Waals surface area contributed by atoms with Crippen LogP contribution in [0.25, 0.3) is 10.2 Å². The van der Waals surface area contributed by atoms with Gasteiger partial charge in [-0.15, -0.1) is 11.3 Å². The monoisotopic (exact) mass is 388 g/mol. The number of nitrogens with one attached hydrogen (secondary N) is 1. The summed E-state index contributed by atoms with van der Waals surface area (Å²) in [7, 11) is 0. The first-order valence-corrected chi connectivity index (χ1v) is 10.7. The van der Waals surface area contributed by atoms with E-state index in [0.29, 0.717) is 19.3 Å². The normalized spacial score (nSPS) is 20.5. The summed E-state index contributed by atoms with van der Waals surface area (Å²) in [5.74, 6) is -0.888. The van der Waals surface area contributed by atoms with Crippen molar-refractivity contribution in [1.82, 2.24) is 10.3 Å². The number of nitrogens with zero attached hydrogens (tertiary/aromatic N) is 1. The van der Waals surface area contributed by atoms with Crippen molar-refractivity contribution in [2.24, 2.45) is 11.3 Å². The third-order valence-corrected chi connectivity index (χ3v) is 7.11. The van der Waals surface area contributed by atoms with E-state index in [1.807, 2.05) is 18.2 Å². The Hall–Kier alpha value is -1.95. The first kappa shape index (κ1) is 19.8. The number of thiazole rings is 1. The fourth-order valence-electron chi connectivity index (χ4n) is 4.01. The van der Waals surface area contributed by atoms with E-state index in [4.69, 9.17) is 10.1 Å². The van der Waals surface area contributed by atoms with Crippen LogP contribution in [0.4, 0.5) is 0 Å². The van der Waals surface area contributed by atoms with Crippen molar-refractivity contribution < 1.29 is 14.7 Å². The van der Waals surface area contributed by atoms with E-state index in [1.165, 1.54) is 0 Å². The van der Waals surface area contributed by atoms with Crippen LogP contribution in [-0.2, 0) is 16.0 Å². The number of amides is 1. The highest BCUT2D eigenvalue weighted by Gasteiger charge is 2.38. The van der Waals surface area contributed by atoms with Crippen LogP contribution < -0.4 is 5.32 Å². The molecule has 2 N–H and O–H groups in total.